The van der Waals surface area contributed by atoms with E-state index >= 15 is 0 Å². The minimum absolute atomic E-state index is 0.0167. The number of methoxy groups -OCH3 is 1. The highest BCUT2D eigenvalue weighted by molar-refractivity contribution is 8.14. The minimum Gasteiger partial charge on any atom is -0.497 e. The van der Waals surface area contributed by atoms with Crippen molar-refractivity contribution in [3.8, 4) is 5.75 Å². The third-order valence-electron chi connectivity index (χ3n) is 2.39. The summed E-state index contributed by atoms with van der Waals surface area (Å²) < 4.78 is 5.07. The van der Waals surface area contributed by atoms with E-state index < -0.39 is 0 Å². The first kappa shape index (κ1) is 13.8. The van der Waals surface area contributed by atoms with Gasteiger partial charge in [0.05, 0.1) is 12.9 Å². The molecule has 92 valence electrons. The van der Waals surface area contributed by atoms with Crippen LogP contribution in [-0.2, 0) is 4.79 Å². The smallest absolute Gasteiger partial charge is 0.189 e. The number of aryl methyl sites for hydroxylation is 1. The van der Waals surface area contributed by atoms with Gasteiger partial charge >= 0.3 is 0 Å². The number of carbonyl (C=O) groups excluding carboxylic acids is 2. The molecule has 0 aliphatic rings. The molecule has 0 atom stereocenters. The van der Waals surface area contributed by atoms with Gasteiger partial charge in [-0.2, -0.15) is 0 Å². The number of benzene rings is 1. The number of thioether (sulfide) groups is 1. The predicted octanol–water partition coefficient (Wildman–Crippen LogP) is 2.86. The maximum Gasteiger partial charge on any atom is 0.189 e. The van der Waals surface area contributed by atoms with Gasteiger partial charge in [-0.05, 0) is 30.7 Å². The van der Waals surface area contributed by atoms with Crippen molar-refractivity contribution in [3.63, 3.8) is 0 Å². The molecule has 0 heterocycles. The maximum atomic E-state index is 11.9. The van der Waals surface area contributed by atoms with Crippen molar-refractivity contribution in [1.82, 2.24) is 0 Å². The Morgan fingerprint density at radius 2 is 2.06 bits per heavy atom. The summed E-state index contributed by atoms with van der Waals surface area (Å²) in [5.74, 6) is 0.924. The number of rotatable bonds is 5. The standard InChI is InChI=1S/C13H16O3S/c1-4-13(15)17-8-12(14)11-6-5-10(16-3)7-9(11)2/h5-7H,4,8H2,1-3H3. The van der Waals surface area contributed by atoms with E-state index in [0.29, 0.717) is 12.0 Å². The predicted molar refractivity (Wildman–Crippen MR) is 69.8 cm³/mol. The molecule has 0 amide bonds. The molecule has 0 fully saturated rings. The Balaban J connectivity index is 2.72. The lowest BCUT2D eigenvalue weighted by atomic mass is 10.1. The number of carbonyl (C=O) groups is 2. The minimum atomic E-state index is -0.0167. The van der Waals surface area contributed by atoms with Crippen molar-refractivity contribution in [2.45, 2.75) is 20.3 Å². The highest BCUT2D eigenvalue weighted by atomic mass is 32.2. The zero-order valence-electron chi connectivity index (χ0n) is 10.3. The molecule has 1 rings (SSSR count). The fraction of sp³-hybridized carbons (Fsp3) is 0.385. The third kappa shape index (κ3) is 3.89. The normalized spacial score (nSPS) is 10.1. The second-order valence-corrected chi connectivity index (χ2v) is 4.65. The van der Waals surface area contributed by atoms with Crippen molar-refractivity contribution in [3.05, 3.63) is 29.3 Å². The van der Waals surface area contributed by atoms with Crippen LogP contribution >= 0.6 is 11.8 Å². The van der Waals surface area contributed by atoms with Gasteiger partial charge < -0.3 is 4.74 Å². The molecule has 0 aliphatic carbocycles. The fourth-order valence-electron chi connectivity index (χ4n) is 1.40. The van der Waals surface area contributed by atoms with Gasteiger partial charge in [0.2, 0.25) is 0 Å². The molecule has 0 aliphatic heterocycles. The monoisotopic (exact) mass is 252 g/mol. The van der Waals surface area contributed by atoms with Crippen LogP contribution < -0.4 is 4.74 Å². The Labute approximate surface area is 106 Å². The number of ether oxygens (including phenoxy) is 1. The van der Waals surface area contributed by atoms with Gasteiger partial charge in [-0.3, -0.25) is 9.59 Å². The molecule has 0 saturated carbocycles. The second kappa shape index (κ2) is 6.45. The molecular formula is C13H16O3S. The van der Waals surface area contributed by atoms with Gasteiger partial charge in [0.15, 0.2) is 10.9 Å². The Bertz CT molecular complexity index is 427. The van der Waals surface area contributed by atoms with Gasteiger partial charge in [0, 0.05) is 12.0 Å². The van der Waals surface area contributed by atoms with E-state index in [1.165, 1.54) is 0 Å². The van der Waals surface area contributed by atoms with E-state index in [0.717, 1.165) is 23.1 Å². The summed E-state index contributed by atoms with van der Waals surface area (Å²) in [7, 11) is 1.59. The van der Waals surface area contributed by atoms with Crippen molar-refractivity contribution >= 4 is 22.7 Å². The second-order valence-electron chi connectivity index (χ2n) is 3.62. The van der Waals surface area contributed by atoms with E-state index in [2.05, 4.69) is 0 Å². The highest BCUT2D eigenvalue weighted by Crippen LogP contribution is 2.19. The molecule has 0 unspecified atom stereocenters. The molecule has 1 aromatic carbocycles. The van der Waals surface area contributed by atoms with Crippen LogP contribution in [0.5, 0.6) is 5.75 Å². The molecule has 4 heteroatoms. The topological polar surface area (TPSA) is 43.4 Å². The first-order chi connectivity index (χ1) is 8.08. The SMILES string of the molecule is CCC(=O)SCC(=O)c1ccc(OC)cc1C. The molecule has 0 aromatic heterocycles. The van der Waals surface area contributed by atoms with Crippen LogP contribution in [0.1, 0.15) is 29.3 Å². The zero-order valence-corrected chi connectivity index (χ0v) is 11.1. The van der Waals surface area contributed by atoms with E-state index in [1.807, 2.05) is 13.0 Å². The molecular weight excluding hydrogens is 236 g/mol. The highest BCUT2D eigenvalue weighted by Gasteiger charge is 2.11. The largest absolute Gasteiger partial charge is 0.497 e. The first-order valence-corrected chi connectivity index (χ1v) is 6.40. The summed E-state index contributed by atoms with van der Waals surface area (Å²) in [6.07, 6.45) is 0.458. The average Bonchev–Trinajstić information content (AvgIpc) is 2.35. The summed E-state index contributed by atoms with van der Waals surface area (Å²) in [6, 6.07) is 5.32. The molecule has 0 spiro atoms. The Morgan fingerprint density at radius 1 is 1.35 bits per heavy atom. The van der Waals surface area contributed by atoms with E-state index in [4.69, 9.17) is 4.74 Å². The Morgan fingerprint density at radius 3 is 2.59 bits per heavy atom. The van der Waals surface area contributed by atoms with Gasteiger partial charge in [0.25, 0.3) is 0 Å². The van der Waals surface area contributed by atoms with E-state index in [9.17, 15) is 9.59 Å². The van der Waals surface area contributed by atoms with Crippen LogP contribution in [0.15, 0.2) is 18.2 Å². The van der Waals surface area contributed by atoms with Crippen LogP contribution in [0.25, 0.3) is 0 Å². The van der Waals surface area contributed by atoms with Crippen molar-refractivity contribution in [2.24, 2.45) is 0 Å². The van der Waals surface area contributed by atoms with Crippen LogP contribution in [0.3, 0.4) is 0 Å². The van der Waals surface area contributed by atoms with Crippen molar-refractivity contribution < 1.29 is 14.3 Å². The molecule has 0 bridgehead atoms. The quantitative estimate of drug-likeness (QED) is 0.756. The Kier molecular flexibility index (Phi) is 5.22. The summed E-state index contributed by atoms with van der Waals surface area (Å²) in [4.78, 5) is 23.0. The zero-order chi connectivity index (χ0) is 12.8. The molecule has 17 heavy (non-hydrogen) atoms. The number of hydrogen-bond acceptors (Lipinski definition) is 4. The molecule has 3 nitrogen and oxygen atoms in total. The maximum absolute atomic E-state index is 11.9. The van der Waals surface area contributed by atoms with Crippen LogP contribution in [0.2, 0.25) is 0 Å². The lowest BCUT2D eigenvalue weighted by Gasteiger charge is -2.06. The fourth-order valence-corrected chi connectivity index (χ4v) is 2.05. The van der Waals surface area contributed by atoms with Gasteiger partial charge in [-0.25, -0.2) is 0 Å². The summed E-state index contributed by atoms with van der Waals surface area (Å²) in [6.45, 7) is 3.65. The summed E-state index contributed by atoms with van der Waals surface area (Å²) >= 11 is 1.08. The van der Waals surface area contributed by atoms with Crippen LogP contribution in [0.4, 0.5) is 0 Å². The van der Waals surface area contributed by atoms with Gasteiger partial charge in [0.1, 0.15) is 5.75 Å². The van der Waals surface area contributed by atoms with Crippen LogP contribution in [0, 0.1) is 6.92 Å². The number of ketones is 1. The number of Topliss-reactive ketones (excluding diaryl/α,β-unsaturated/α-hetero) is 1. The van der Waals surface area contributed by atoms with Gasteiger partial charge in [-0.15, -0.1) is 0 Å². The van der Waals surface area contributed by atoms with E-state index in [1.54, 1.807) is 26.2 Å². The molecule has 0 saturated heterocycles. The summed E-state index contributed by atoms with van der Waals surface area (Å²) in [5, 5.41) is 0.0458. The summed E-state index contributed by atoms with van der Waals surface area (Å²) in [5.41, 5.74) is 1.53. The van der Waals surface area contributed by atoms with Gasteiger partial charge in [-0.1, -0.05) is 18.7 Å². The van der Waals surface area contributed by atoms with E-state index in [-0.39, 0.29) is 16.7 Å². The lowest BCUT2D eigenvalue weighted by Crippen LogP contribution is -2.06. The molecule has 1 aromatic rings. The lowest BCUT2D eigenvalue weighted by molar-refractivity contribution is -0.110. The third-order valence-corrected chi connectivity index (χ3v) is 3.40. The van der Waals surface area contributed by atoms with Crippen LogP contribution in [-0.4, -0.2) is 23.8 Å². The number of hydrogen-bond donors (Lipinski definition) is 0. The average molecular weight is 252 g/mol. The molecule has 0 N–H and O–H groups in total. The van der Waals surface area contributed by atoms with Crippen molar-refractivity contribution in [2.75, 3.05) is 12.9 Å². The van der Waals surface area contributed by atoms with Crippen molar-refractivity contribution in [1.29, 1.82) is 0 Å². The Hall–Kier alpha value is -1.29. The first-order valence-electron chi connectivity index (χ1n) is 5.42. The molecule has 0 radical (unpaired) electrons.